The lowest BCUT2D eigenvalue weighted by Gasteiger charge is -1.95. The molecular weight excluding hydrogens is 90.1 g/mol. The first-order valence-electron chi connectivity index (χ1n) is 2.64. The molecule has 1 fully saturated rings. The number of hydrazine groups is 1. The van der Waals surface area contributed by atoms with Crippen LogP contribution in [0.4, 0.5) is 0 Å². The lowest BCUT2D eigenvalue weighted by Crippen LogP contribution is -2.36. The Balaban J connectivity index is 2.04. The highest BCUT2D eigenvalue weighted by atomic mass is 15.6. The van der Waals surface area contributed by atoms with Gasteiger partial charge in [-0.1, -0.05) is 0 Å². The quantitative estimate of drug-likeness (QED) is 0.426. The first kappa shape index (κ1) is 5.03. The standard InChI is InChI=1S/C4H10N3/c1-2-4-6-7-5-3-1/h5,7H,1-4H2. The second kappa shape index (κ2) is 2.96. The van der Waals surface area contributed by atoms with Crippen molar-refractivity contribution in [3.05, 3.63) is 0 Å². The summed E-state index contributed by atoms with van der Waals surface area (Å²) in [5.74, 6) is 0. The largest absolute Gasteiger partial charge is 0.243 e. The van der Waals surface area contributed by atoms with Crippen LogP contribution >= 0.6 is 0 Å². The molecule has 1 saturated heterocycles. The molecule has 0 aromatic carbocycles. The van der Waals surface area contributed by atoms with Gasteiger partial charge in [0.25, 0.3) is 0 Å². The second-order valence-electron chi connectivity index (χ2n) is 1.63. The highest BCUT2D eigenvalue weighted by Crippen LogP contribution is 1.84. The molecular formula is C4H10N3. The van der Waals surface area contributed by atoms with Crippen LogP contribution < -0.4 is 16.4 Å². The Morgan fingerprint density at radius 1 is 1.29 bits per heavy atom. The van der Waals surface area contributed by atoms with E-state index in [9.17, 15) is 0 Å². The molecule has 1 radical (unpaired) electrons. The van der Waals surface area contributed by atoms with Crippen molar-refractivity contribution in [1.82, 2.24) is 16.4 Å². The van der Waals surface area contributed by atoms with Gasteiger partial charge in [0.05, 0.1) is 0 Å². The molecule has 0 aromatic rings. The van der Waals surface area contributed by atoms with Crippen LogP contribution in [0.1, 0.15) is 12.8 Å². The van der Waals surface area contributed by atoms with Crippen molar-refractivity contribution in [2.24, 2.45) is 0 Å². The average Bonchev–Trinajstić information content (AvgIpc) is 1.90. The van der Waals surface area contributed by atoms with Gasteiger partial charge in [-0.25, -0.2) is 5.43 Å². The summed E-state index contributed by atoms with van der Waals surface area (Å²) in [5.41, 5.74) is 9.56. The van der Waals surface area contributed by atoms with Crippen molar-refractivity contribution in [2.45, 2.75) is 12.8 Å². The Hall–Kier alpha value is -0.120. The van der Waals surface area contributed by atoms with Gasteiger partial charge in [0.15, 0.2) is 0 Å². The van der Waals surface area contributed by atoms with Crippen LogP contribution in [0, 0.1) is 0 Å². The molecule has 0 spiro atoms. The smallest absolute Gasteiger partial charge is 0.0318 e. The fraction of sp³-hybridized carbons (Fsp3) is 1.00. The maximum Gasteiger partial charge on any atom is 0.0318 e. The van der Waals surface area contributed by atoms with Crippen molar-refractivity contribution in [2.75, 3.05) is 13.1 Å². The van der Waals surface area contributed by atoms with Crippen molar-refractivity contribution in [1.29, 1.82) is 0 Å². The molecule has 1 aliphatic heterocycles. The normalized spacial score (nSPS) is 24.0. The van der Waals surface area contributed by atoms with Crippen molar-refractivity contribution >= 4 is 0 Å². The number of rotatable bonds is 0. The first-order valence-corrected chi connectivity index (χ1v) is 2.64. The Kier molecular flexibility index (Phi) is 2.12. The van der Waals surface area contributed by atoms with E-state index in [0.717, 1.165) is 13.1 Å². The van der Waals surface area contributed by atoms with E-state index in [1.54, 1.807) is 0 Å². The summed E-state index contributed by atoms with van der Waals surface area (Å²) >= 11 is 0. The zero-order chi connectivity index (χ0) is 4.95. The van der Waals surface area contributed by atoms with Crippen molar-refractivity contribution < 1.29 is 0 Å². The zero-order valence-corrected chi connectivity index (χ0v) is 4.28. The predicted octanol–water partition coefficient (Wildman–Crippen LogP) is -0.606. The SMILES string of the molecule is C1CCNN[N]C1. The van der Waals surface area contributed by atoms with E-state index >= 15 is 0 Å². The Morgan fingerprint density at radius 2 is 2.29 bits per heavy atom. The van der Waals surface area contributed by atoms with Crippen LogP contribution in [0.3, 0.4) is 0 Å². The van der Waals surface area contributed by atoms with E-state index < -0.39 is 0 Å². The van der Waals surface area contributed by atoms with Gasteiger partial charge >= 0.3 is 0 Å². The Labute approximate surface area is 43.4 Å². The third-order valence-corrected chi connectivity index (χ3v) is 0.980. The minimum Gasteiger partial charge on any atom is -0.243 e. The number of nitrogens with zero attached hydrogens (tertiary/aromatic N) is 1. The van der Waals surface area contributed by atoms with Crippen LogP contribution in [-0.4, -0.2) is 13.1 Å². The number of hydrogen-bond acceptors (Lipinski definition) is 2. The fourth-order valence-electron chi connectivity index (χ4n) is 0.572. The van der Waals surface area contributed by atoms with Gasteiger partial charge in [-0.2, -0.15) is 5.53 Å². The van der Waals surface area contributed by atoms with E-state index in [1.807, 2.05) is 0 Å². The molecule has 3 heteroatoms. The molecule has 0 bridgehead atoms. The Bertz CT molecular complexity index is 26.5. The molecule has 2 N–H and O–H groups in total. The summed E-state index contributed by atoms with van der Waals surface area (Å²) in [6.07, 6.45) is 2.44. The molecule has 0 unspecified atom stereocenters. The van der Waals surface area contributed by atoms with Gasteiger partial charge in [0.1, 0.15) is 0 Å². The molecule has 1 aliphatic rings. The molecule has 41 valence electrons. The van der Waals surface area contributed by atoms with Crippen LogP contribution in [0.2, 0.25) is 0 Å². The van der Waals surface area contributed by atoms with Gasteiger partial charge < -0.3 is 0 Å². The van der Waals surface area contributed by atoms with E-state index in [-0.39, 0.29) is 0 Å². The molecule has 0 saturated carbocycles. The Morgan fingerprint density at radius 3 is 3.29 bits per heavy atom. The zero-order valence-electron chi connectivity index (χ0n) is 4.28. The molecule has 3 nitrogen and oxygen atoms in total. The number of nitrogens with one attached hydrogen (secondary N) is 2. The van der Waals surface area contributed by atoms with Gasteiger partial charge in [-0.3, -0.25) is 0 Å². The van der Waals surface area contributed by atoms with E-state index in [0.29, 0.717) is 0 Å². The van der Waals surface area contributed by atoms with Crippen LogP contribution in [0.5, 0.6) is 0 Å². The maximum atomic E-state index is 3.91. The lowest BCUT2D eigenvalue weighted by atomic mass is 10.3. The molecule has 0 amide bonds. The molecule has 7 heavy (non-hydrogen) atoms. The topological polar surface area (TPSA) is 38.2 Å². The first-order chi connectivity index (χ1) is 3.50. The van der Waals surface area contributed by atoms with Gasteiger partial charge in [-0.05, 0) is 12.8 Å². The minimum atomic E-state index is 0.951. The van der Waals surface area contributed by atoms with E-state index in [2.05, 4.69) is 16.4 Å². The summed E-state index contributed by atoms with van der Waals surface area (Å²) in [4.78, 5) is 0. The summed E-state index contributed by atoms with van der Waals surface area (Å²) in [6, 6.07) is 0. The summed E-state index contributed by atoms with van der Waals surface area (Å²) in [5, 5.41) is 0. The van der Waals surface area contributed by atoms with Gasteiger partial charge in [0, 0.05) is 13.1 Å². The maximum absolute atomic E-state index is 3.91. The summed E-state index contributed by atoms with van der Waals surface area (Å²) in [6.45, 7) is 2.00. The van der Waals surface area contributed by atoms with Gasteiger partial charge in [-0.15, -0.1) is 5.43 Å². The molecule has 1 heterocycles. The summed E-state index contributed by atoms with van der Waals surface area (Å²) in [7, 11) is 0. The van der Waals surface area contributed by atoms with Gasteiger partial charge in [0.2, 0.25) is 0 Å². The third kappa shape index (κ3) is 1.87. The second-order valence-corrected chi connectivity index (χ2v) is 1.63. The third-order valence-electron chi connectivity index (χ3n) is 0.980. The van der Waals surface area contributed by atoms with E-state index in [1.165, 1.54) is 12.8 Å². The predicted molar refractivity (Wildman–Crippen MR) is 27.4 cm³/mol. The molecule has 0 atom stereocenters. The molecule has 0 aliphatic carbocycles. The van der Waals surface area contributed by atoms with Crippen LogP contribution in [0.15, 0.2) is 0 Å². The number of hydrogen-bond donors (Lipinski definition) is 2. The minimum absolute atomic E-state index is 0.951. The van der Waals surface area contributed by atoms with Crippen LogP contribution in [-0.2, 0) is 0 Å². The van der Waals surface area contributed by atoms with Crippen molar-refractivity contribution in [3.63, 3.8) is 0 Å². The monoisotopic (exact) mass is 100 g/mol. The molecule has 1 rings (SSSR count). The lowest BCUT2D eigenvalue weighted by molar-refractivity contribution is 0.469. The molecule has 0 aromatic heterocycles. The summed E-state index contributed by atoms with van der Waals surface area (Å²) < 4.78 is 0. The van der Waals surface area contributed by atoms with Crippen LogP contribution in [0.25, 0.3) is 0 Å². The van der Waals surface area contributed by atoms with E-state index in [4.69, 9.17) is 0 Å². The average molecular weight is 100 g/mol. The van der Waals surface area contributed by atoms with Crippen molar-refractivity contribution in [3.8, 4) is 0 Å². The highest BCUT2D eigenvalue weighted by Gasteiger charge is 1.93. The highest BCUT2D eigenvalue weighted by molar-refractivity contribution is 4.48. The fourth-order valence-corrected chi connectivity index (χ4v) is 0.572.